The highest BCUT2D eigenvalue weighted by atomic mass is 79.9. The van der Waals surface area contributed by atoms with Crippen molar-refractivity contribution in [3.8, 4) is 11.3 Å². The molecule has 1 aromatic heterocycles. The maximum atomic E-state index is 5.91. The third-order valence-corrected chi connectivity index (χ3v) is 2.99. The number of anilines is 1. The highest BCUT2D eigenvalue weighted by Gasteiger charge is 2.11. The number of hydrogen-bond donors (Lipinski definition) is 1. The lowest BCUT2D eigenvalue weighted by Crippen LogP contribution is -2.00. The molecule has 2 rings (SSSR count). The summed E-state index contributed by atoms with van der Waals surface area (Å²) < 4.78 is 2.93. The summed E-state index contributed by atoms with van der Waals surface area (Å²) in [6, 6.07) is 8.01. The minimum atomic E-state index is 0.712. The minimum Gasteiger partial charge on any atom is -0.396 e. The molecule has 0 aliphatic heterocycles. The van der Waals surface area contributed by atoms with Crippen molar-refractivity contribution in [3.05, 3.63) is 34.9 Å². The molecule has 2 N–H and O–H groups in total. The van der Waals surface area contributed by atoms with Gasteiger partial charge < -0.3 is 5.73 Å². The number of nitrogens with two attached hydrogens (primary N) is 1. The zero-order valence-corrected chi connectivity index (χ0v) is 10.0. The highest BCUT2D eigenvalue weighted by molar-refractivity contribution is 9.10. The molecule has 0 saturated heterocycles. The number of aryl methyl sites for hydroxylation is 1. The Morgan fingerprint density at radius 1 is 1.40 bits per heavy atom. The summed E-state index contributed by atoms with van der Waals surface area (Å²) in [5.74, 6) is 0. The first kappa shape index (κ1) is 10.2. The van der Waals surface area contributed by atoms with Crippen molar-refractivity contribution in [3.63, 3.8) is 0 Å². The molecule has 0 bridgehead atoms. The molecule has 15 heavy (non-hydrogen) atoms. The SMILES string of the molecule is CCn1ncc(N)c1-c1ccccc1Br. The Morgan fingerprint density at radius 3 is 2.80 bits per heavy atom. The quantitative estimate of drug-likeness (QED) is 0.908. The smallest absolute Gasteiger partial charge is 0.0923 e. The van der Waals surface area contributed by atoms with Crippen LogP contribution < -0.4 is 5.73 Å². The predicted molar refractivity (Wildman–Crippen MR) is 65.4 cm³/mol. The molecule has 0 spiro atoms. The van der Waals surface area contributed by atoms with Crippen molar-refractivity contribution in [2.24, 2.45) is 0 Å². The molecule has 0 unspecified atom stereocenters. The lowest BCUT2D eigenvalue weighted by molar-refractivity contribution is 0.667. The van der Waals surface area contributed by atoms with Crippen LogP contribution in [0.15, 0.2) is 34.9 Å². The van der Waals surface area contributed by atoms with Gasteiger partial charge in [0.2, 0.25) is 0 Å². The normalized spacial score (nSPS) is 10.5. The van der Waals surface area contributed by atoms with Gasteiger partial charge in [-0.05, 0) is 13.0 Å². The number of hydrogen-bond acceptors (Lipinski definition) is 2. The van der Waals surface area contributed by atoms with E-state index in [1.165, 1.54) is 0 Å². The monoisotopic (exact) mass is 265 g/mol. The molecule has 1 aromatic carbocycles. The van der Waals surface area contributed by atoms with Crippen LogP contribution in [0.3, 0.4) is 0 Å². The molecule has 78 valence electrons. The Labute approximate surface area is 97.0 Å². The first-order valence-corrected chi connectivity index (χ1v) is 5.59. The van der Waals surface area contributed by atoms with E-state index in [2.05, 4.69) is 21.0 Å². The molecule has 0 saturated carbocycles. The Balaban J connectivity index is 2.63. The molecule has 0 aliphatic rings. The van der Waals surface area contributed by atoms with Gasteiger partial charge in [-0.15, -0.1) is 0 Å². The Kier molecular flexibility index (Phi) is 2.77. The van der Waals surface area contributed by atoms with Crippen LogP contribution in [0.2, 0.25) is 0 Å². The molecule has 0 fully saturated rings. The van der Waals surface area contributed by atoms with Crippen LogP contribution in [0.4, 0.5) is 5.69 Å². The fraction of sp³-hybridized carbons (Fsp3) is 0.182. The van der Waals surface area contributed by atoms with Crippen molar-refractivity contribution < 1.29 is 0 Å². The second-order valence-corrected chi connectivity index (χ2v) is 4.10. The third kappa shape index (κ3) is 1.77. The molecular weight excluding hydrogens is 254 g/mol. The highest BCUT2D eigenvalue weighted by Crippen LogP contribution is 2.31. The van der Waals surface area contributed by atoms with E-state index >= 15 is 0 Å². The van der Waals surface area contributed by atoms with Crippen molar-refractivity contribution in [1.82, 2.24) is 9.78 Å². The zero-order chi connectivity index (χ0) is 10.8. The third-order valence-electron chi connectivity index (χ3n) is 2.30. The molecule has 0 amide bonds. The van der Waals surface area contributed by atoms with Crippen LogP contribution in [0.25, 0.3) is 11.3 Å². The first-order valence-electron chi connectivity index (χ1n) is 4.80. The van der Waals surface area contributed by atoms with Crippen molar-refractivity contribution >= 4 is 21.6 Å². The molecule has 4 heteroatoms. The fourth-order valence-corrected chi connectivity index (χ4v) is 2.06. The lowest BCUT2D eigenvalue weighted by atomic mass is 10.1. The average Bonchev–Trinajstić information content (AvgIpc) is 2.60. The van der Waals surface area contributed by atoms with E-state index in [9.17, 15) is 0 Å². The van der Waals surface area contributed by atoms with Crippen LogP contribution in [0.1, 0.15) is 6.92 Å². The molecule has 2 aromatic rings. The van der Waals surface area contributed by atoms with E-state index in [0.717, 1.165) is 22.3 Å². The number of rotatable bonds is 2. The van der Waals surface area contributed by atoms with E-state index in [-0.39, 0.29) is 0 Å². The van der Waals surface area contributed by atoms with Gasteiger partial charge in [0.1, 0.15) is 0 Å². The van der Waals surface area contributed by atoms with Crippen molar-refractivity contribution in [2.45, 2.75) is 13.5 Å². The lowest BCUT2D eigenvalue weighted by Gasteiger charge is -2.07. The van der Waals surface area contributed by atoms with Crippen LogP contribution in [-0.2, 0) is 6.54 Å². The van der Waals surface area contributed by atoms with Crippen LogP contribution in [0.5, 0.6) is 0 Å². The molecule has 1 heterocycles. The molecule has 3 nitrogen and oxygen atoms in total. The second kappa shape index (κ2) is 4.06. The van der Waals surface area contributed by atoms with E-state index in [1.807, 2.05) is 35.9 Å². The number of nitrogens with zero attached hydrogens (tertiary/aromatic N) is 2. The van der Waals surface area contributed by atoms with Crippen LogP contribution in [0, 0.1) is 0 Å². The second-order valence-electron chi connectivity index (χ2n) is 3.24. The zero-order valence-electron chi connectivity index (χ0n) is 8.44. The summed E-state index contributed by atoms with van der Waals surface area (Å²) in [4.78, 5) is 0. The van der Waals surface area contributed by atoms with Crippen LogP contribution >= 0.6 is 15.9 Å². The average molecular weight is 266 g/mol. The minimum absolute atomic E-state index is 0.712. The van der Waals surface area contributed by atoms with Crippen molar-refractivity contribution in [2.75, 3.05) is 5.73 Å². The summed E-state index contributed by atoms with van der Waals surface area (Å²) >= 11 is 3.52. The molecule has 0 radical (unpaired) electrons. The summed E-state index contributed by atoms with van der Waals surface area (Å²) in [6.45, 7) is 2.86. The van der Waals surface area contributed by atoms with Gasteiger partial charge in [-0.2, -0.15) is 5.10 Å². The van der Waals surface area contributed by atoms with Gasteiger partial charge in [-0.3, -0.25) is 4.68 Å². The fourth-order valence-electron chi connectivity index (χ4n) is 1.59. The Hall–Kier alpha value is -1.29. The van der Waals surface area contributed by atoms with Gasteiger partial charge in [-0.25, -0.2) is 0 Å². The standard InChI is InChI=1S/C11H12BrN3/c1-2-15-11(10(13)7-14-15)8-5-3-4-6-9(8)12/h3-7H,2,13H2,1H3. The van der Waals surface area contributed by atoms with Crippen molar-refractivity contribution in [1.29, 1.82) is 0 Å². The van der Waals surface area contributed by atoms with Gasteiger partial charge in [0, 0.05) is 16.6 Å². The van der Waals surface area contributed by atoms with Gasteiger partial charge in [0.25, 0.3) is 0 Å². The van der Waals surface area contributed by atoms with Gasteiger partial charge in [0.15, 0.2) is 0 Å². The maximum absolute atomic E-state index is 5.91. The summed E-state index contributed by atoms with van der Waals surface area (Å²) in [5, 5.41) is 4.22. The summed E-state index contributed by atoms with van der Waals surface area (Å²) in [7, 11) is 0. The Bertz CT molecular complexity index is 476. The molecular formula is C11H12BrN3. The van der Waals surface area contributed by atoms with E-state index in [0.29, 0.717) is 5.69 Å². The Morgan fingerprint density at radius 2 is 2.13 bits per heavy atom. The maximum Gasteiger partial charge on any atom is 0.0923 e. The van der Waals surface area contributed by atoms with E-state index in [4.69, 9.17) is 5.73 Å². The van der Waals surface area contributed by atoms with E-state index < -0.39 is 0 Å². The topological polar surface area (TPSA) is 43.8 Å². The number of aromatic nitrogens is 2. The number of benzene rings is 1. The molecule has 0 aliphatic carbocycles. The largest absolute Gasteiger partial charge is 0.396 e. The van der Waals surface area contributed by atoms with Crippen LogP contribution in [-0.4, -0.2) is 9.78 Å². The summed E-state index contributed by atoms with van der Waals surface area (Å²) in [6.07, 6.45) is 1.69. The number of nitrogen functional groups attached to an aromatic ring is 1. The molecule has 0 atom stereocenters. The number of halogens is 1. The predicted octanol–water partition coefficient (Wildman–Crippen LogP) is 2.91. The van der Waals surface area contributed by atoms with Gasteiger partial charge in [-0.1, -0.05) is 34.1 Å². The van der Waals surface area contributed by atoms with Gasteiger partial charge >= 0.3 is 0 Å². The van der Waals surface area contributed by atoms with E-state index in [1.54, 1.807) is 6.20 Å². The summed E-state index contributed by atoms with van der Waals surface area (Å²) in [5.41, 5.74) is 8.68. The first-order chi connectivity index (χ1) is 7.24. The van der Waals surface area contributed by atoms with Gasteiger partial charge in [0.05, 0.1) is 17.6 Å².